The number of nitrogens with zero attached hydrogens (tertiary/aromatic N) is 2. The Morgan fingerprint density at radius 3 is 2.22 bits per heavy atom. The van der Waals surface area contributed by atoms with Gasteiger partial charge in [0.1, 0.15) is 5.75 Å². The molecule has 0 saturated carbocycles. The smallest absolute Gasteiger partial charge is 0.305 e. The van der Waals surface area contributed by atoms with Crippen molar-refractivity contribution in [2.24, 2.45) is 0 Å². The average molecular weight is 444 g/mol. The molecule has 1 N–H and O–H groups in total. The van der Waals surface area contributed by atoms with Crippen molar-refractivity contribution in [2.75, 3.05) is 40.4 Å². The van der Waals surface area contributed by atoms with Crippen LogP contribution < -0.4 is 4.74 Å². The number of fused-ring (bicyclic) bond motifs is 1. The van der Waals surface area contributed by atoms with Gasteiger partial charge in [0, 0.05) is 56.1 Å². The highest BCUT2D eigenvalue weighted by Gasteiger charge is 2.24. The SMILES string of the molecule is COC(=O)CCCCCCC(=O)N1CCN(C(=O)Cc2c[nH]c3ccc(OC)cc23)CC1. The van der Waals surface area contributed by atoms with E-state index in [1.807, 2.05) is 34.2 Å². The molecule has 8 nitrogen and oxygen atoms in total. The minimum absolute atomic E-state index is 0.0754. The van der Waals surface area contributed by atoms with Crippen LogP contribution in [0, 0.1) is 0 Å². The summed E-state index contributed by atoms with van der Waals surface area (Å²) in [5, 5.41) is 0.998. The summed E-state index contributed by atoms with van der Waals surface area (Å²) in [4.78, 5) is 43.3. The van der Waals surface area contributed by atoms with Crippen LogP contribution in [0.4, 0.5) is 0 Å². The number of esters is 1. The fraction of sp³-hybridized carbons (Fsp3) is 0.542. The maximum absolute atomic E-state index is 12.8. The van der Waals surface area contributed by atoms with Crippen molar-refractivity contribution in [3.8, 4) is 5.75 Å². The van der Waals surface area contributed by atoms with Crippen LogP contribution in [0.2, 0.25) is 0 Å². The second-order valence-corrected chi connectivity index (χ2v) is 8.15. The molecule has 1 aliphatic heterocycles. The lowest BCUT2D eigenvalue weighted by Crippen LogP contribution is -2.50. The average Bonchev–Trinajstić information content (AvgIpc) is 3.22. The van der Waals surface area contributed by atoms with Crippen molar-refractivity contribution < 1.29 is 23.9 Å². The van der Waals surface area contributed by atoms with Gasteiger partial charge in [0.2, 0.25) is 11.8 Å². The molecule has 0 atom stereocenters. The molecule has 0 spiro atoms. The van der Waals surface area contributed by atoms with Crippen molar-refractivity contribution in [1.82, 2.24) is 14.8 Å². The molecule has 2 heterocycles. The second-order valence-electron chi connectivity index (χ2n) is 8.15. The van der Waals surface area contributed by atoms with E-state index >= 15 is 0 Å². The Morgan fingerprint density at radius 1 is 0.906 bits per heavy atom. The summed E-state index contributed by atoms with van der Waals surface area (Å²) in [5.41, 5.74) is 1.93. The van der Waals surface area contributed by atoms with Crippen molar-refractivity contribution in [2.45, 2.75) is 44.9 Å². The van der Waals surface area contributed by atoms with Gasteiger partial charge in [-0.25, -0.2) is 0 Å². The van der Waals surface area contributed by atoms with Crippen LogP contribution in [0.3, 0.4) is 0 Å². The fourth-order valence-electron chi connectivity index (χ4n) is 4.07. The summed E-state index contributed by atoms with van der Waals surface area (Å²) >= 11 is 0. The Labute approximate surface area is 188 Å². The Balaban J connectivity index is 1.39. The van der Waals surface area contributed by atoms with E-state index in [0.717, 1.165) is 47.9 Å². The molecule has 1 fully saturated rings. The molecule has 0 bridgehead atoms. The van der Waals surface area contributed by atoms with Crippen LogP contribution in [-0.4, -0.2) is 73.0 Å². The number of methoxy groups -OCH3 is 2. The van der Waals surface area contributed by atoms with Gasteiger partial charge in [0.05, 0.1) is 20.6 Å². The summed E-state index contributed by atoms with van der Waals surface area (Å²) in [7, 11) is 3.03. The maximum Gasteiger partial charge on any atom is 0.305 e. The molecular weight excluding hydrogens is 410 g/mol. The monoisotopic (exact) mass is 443 g/mol. The molecular formula is C24H33N3O5. The number of ether oxygens (including phenoxy) is 2. The highest BCUT2D eigenvalue weighted by Crippen LogP contribution is 2.24. The van der Waals surface area contributed by atoms with Gasteiger partial charge in [-0.1, -0.05) is 12.8 Å². The minimum Gasteiger partial charge on any atom is -0.497 e. The standard InChI is InChI=1S/C24H33N3O5/c1-31-19-9-10-21-20(16-19)18(17-25-21)15-23(29)27-13-11-26(12-14-27)22(28)7-5-3-4-6-8-24(30)32-2/h9-10,16-17,25H,3-8,11-15H2,1-2H3. The number of aromatic amines is 1. The molecule has 2 aromatic rings. The van der Waals surface area contributed by atoms with Crippen molar-refractivity contribution in [3.05, 3.63) is 30.0 Å². The lowest BCUT2D eigenvalue weighted by molar-refractivity contribution is -0.140. The van der Waals surface area contributed by atoms with Crippen molar-refractivity contribution in [3.63, 3.8) is 0 Å². The molecule has 0 aliphatic carbocycles. The predicted octanol–water partition coefficient (Wildman–Crippen LogP) is 2.90. The minimum atomic E-state index is -0.182. The zero-order valence-electron chi connectivity index (χ0n) is 19.0. The van der Waals surface area contributed by atoms with Gasteiger partial charge in [0.25, 0.3) is 0 Å². The summed E-state index contributed by atoms with van der Waals surface area (Å²) in [6.45, 7) is 2.29. The number of amides is 2. The summed E-state index contributed by atoms with van der Waals surface area (Å²) in [5.74, 6) is 0.805. The molecule has 1 saturated heterocycles. The predicted molar refractivity (Wildman–Crippen MR) is 121 cm³/mol. The second kappa shape index (κ2) is 11.5. The van der Waals surface area contributed by atoms with Gasteiger partial charge in [-0.05, 0) is 36.6 Å². The molecule has 32 heavy (non-hydrogen) atoms. The summed E-state index contributed by atoms with van der Waals surface area (Å²) in [6, 6.07) is 5.79. The number of rotatable bonds is 10. The zero-order valence-corrected chi connectivity index (χ0v) is 19.0. The number of carbonyl (C=O) groups excluding carboxylic acids is 3. The van der Waals surface area contributed by atoms with E-state index in [-0.39, 0.29) is 17.8 Å². The van der Waals surface area contributed by atoms with Gasteiger partial charge in [-0.2, -0.15) is 0 Å². The van der Waals surface area contributed by atoms with Gasteiger partial charge in [0.15, 0.2) is 0 Å². The quantitative estimate of drug-likeness (QED) is 0.450. The number of hydrogen-bond donors (Lipinski definition) is 1. The first-order valence-electron chi connectivity index (χ1n) is 11.3. The Hall–Kier alpha value is -3.03. The van der Waals surface area contributed by atoms with E-state index in [2.05, 4.69) is 9.72 Å². The first-order valence-corrected chi connectivity index (χ1v) is 11.3. The van der Waals surface area contributed by atoms with Gasteiger partial charge in [-0.3, -0.25) is 14.4 Å². The molecule has 2 amide bonds. The molecule has 8 heteroatoms. The highest BCUT2D eigenvalue weighted by molar-refractivity contribution is 5.90. The van der Waals surface area contributed by atoms with E-state index < -0.39 is 0 Å². The topological polar surface area (TPSA) is 91.9 Å². The first kappa shape index (κ1) is 23.6. The van der Waals surface area contributed by atoms with E-state index in [0.29, 0.717) is 45.4 Å². The highest BCUT2D eigenvalue weighted by atomic mass is 16.5. The molecule has 0 radical (unpaired) electrons. The van der Waals surface area contributed by atoms with Crippen molar-refractivity contribution >= 4 is 28.7 Å². The van der Waals surface area contributed by atoms with Crippen LogP contribution in [-0.2, 0) is 25.5 Å². The number of unbranched alkanes of at least 4 members (excludes halogenated alkanes) is 3. The third-order valence-electron chi connectivity index (χ3n) is 6.05. The van der Waals surface area contributed by atoms with E-state index in [1.165, 1.54) is 7.11 Å². The molecule has 174 valence electrons. The van der Waals surface area contributed by atoms with Crippen LogP contribution in [0.5, 0.6) is 5.75 Å². The number of hydrogen-bond acceptors (Lipinski definition) is 5. The van der Waals surface area contributed by atoms with Gasteiger partial charge < -0.3 is 24.3 Å². The van der Waals surface area contributed by atoms with Gasteiger partial charge >= 0.3 is 5.97 Å². The molecule has 0 unspecified atom stereocenters. The normalized spacial score (nSPS) is 13.9. The van der Waals surface area contributed by atoms with Crippen LogP contribution in [0.1, 0.15) is 44.1 Å². The molecule has 1 aromatic heterocycles. The Kier molecular flexibility index (Phi) is 8.53. The molecule has 1 aromatic carbocycles. The number of piperazine rings is 1. The largest absolute Gasteiger partial charge is 0.497 e. The number of aromatic nitrogens is 1. The lowest BCUT2D eigenvalue weighted by atomic mass is 10.1. The van der Waals surface area contributed by atoms with Crippen LogP contribution in [0.25, 0.3) is 10.9 Å². The Morgan fingerprint density at radius 2 is 1.56 bits per heavy atom. The van der Waals surface area contributed by atoms with E-state index in [1.54, 1.807) is 7.11 Å². The van der Waals surface area contributed by atoms with E-state index in [4.69, 9.17) is 4.74 Å². The maximum atomic E-state index is 12.8. The van der Waals surface area contributed by atoms with Crippen LogP contribution >= 0.6 is 0 Å². The van der Waals surface area contributed by atoms with Crippen molar-refractivity contribution in [1.29, 1.82) is 0 Å². The Bertz CT molecular complexity index is 931. The van der Waals surface area contributed by atoms with Gasteiger partial charge in [-0.15, -0.1) is 0 Å². The third kappa shape index (κ3) is 6.24. The zero-order chi connectivity index (χ0) is 22.9. The van der Waals surface area contributed by atoms with Crippen LogP contribution in [0.15, 0.2) is 24.4 Å². The molecule has 1 aliphatic rings. The molecule has 3 rings (SSSR count). The summed E-state index contributed by atoms with van der Waals surface area (Å²) < 4.78 is 9.92. The van der Waals surface area contributed by atoms with E-state index in [9.17, 15) is 14.4 Å². The summed E-state index contributed by atoms with van der Waals surface area (Å²) in [6.07, 6.45) is 6.63. The number of benzene rings is 1. The third-order valence-corrected chi connectivity index (χ3v) is 6.05. The first-order chi connectivity index (χ1) is 15.5. The number of H-pyrrole nitrogens is 1. The number of carbonyl (C=O) groups is 3. The fourth-order valence-corrected chi connectivity index (χ4v) is 4.07. The lowest BCUT2D eigenvalue weighted by Gasteiger charge is -2.35. The number of nitrogens with one attached hydrogen (secondary N) is 1.